The van der Waals surface area contributed by atoms with Crippen molar-refractivity contribution in [2.75, 3.05) is 0 Å². The van der Waals surface area contributed by atoms with Crippen molar-refractivity contribution in [3.8, 4) is 11.1 Å². The number of rotatable bonds is 4. The van der Waals surface area contributed by atoms with Crippen molar-refractivity contribution in [2.45, 2.75) is 12.7 Å². The summed E-state index contributed by atoms with van der Waals surface area (Å²) in [6.07, 6.45) is -4.45. The number of amides is 1. The van der Waals surface area contributed by atoms with E-state index in [-0.39, 0.29) is 6.54 Å². The lowest BCUT2D eigenvalue weighted by Crippen LogP contribution is -2.11. The molecule has 0 atom stereocenters. The summed E-state index contributed by atoms with van der Waals surface area (Å²) >= 11 is 12.5. The van der Waals surface area contributed by atoms with Gasteiger partial charge in [0.15, 0.2) is 0 Å². The van der Waals surface area contributed by atoms with Crippen molar-refractivity contribution in [1.29, 1.82) is 0 Å². The molecule has 4 aromatic carbocycles. The number of nitrogens with zero attached hydrogens (tertiary/aromatic N) is 1. The lowest BCUT2D eigenvalue weighted by atomic mass is 10.0. The number of aromatic nitrogens is 1. The molecule has 1 heterocycles. The highest BCUT2D eigenvalue weighted by Gasteiger charge is 2.30. The zero-order valence-electron chi connectivity index (χ0n) is 18.0. The van der Waals surface area contributed by atoms with E-state index in [1.165, 1.54) is 6.07 Å². The molecule has 0 fully saturated rings. The standard InChI is InChI=1S/C27H17Cl2F3N2O/c28-18-8-10-19(22(29)13-18)16-7-9-20-24(12-16)34(23-6-2-5-21(25(20)23)26(33)35)14-15-3-1-4-17(11-15)27(30,31)32/h1-13H,14H2,(H2,33,35). The van der Waals surface area contributed by atoms with Gasteiger partial charge in [0.1, 0.15) is 0 Å². The van der Waals surface area contributed by atoms with Crippen LogP contribution in [-0.4, -0.2) is 10.5 Å². The van der Waals surface area contributed by atoms with Gasteiger partial charge in [0.05, 0.1) is 16.6 Å². The molecule has 0 saturated carbocycles. The molecule has 0 aliphatic heterocycles. The first-order valence-electron chi connectivity index (χ1n) is 10.6. The predicted octanol–water partition coefficient (Wildman–Crippen LogP) is 7.93. The Kier molecular flexibility index (Phi) is 5.74. The molecule has 5 rings (SSSR count). The molecule has 5 aromatic rings. The van der Waals surface area contributed by atoms with Crippen LogP contribution in [0.2, 0.25) is 10.0 Å². The summed E-state index contributed by atoms with van der Waals surface area (Å²) in [6.45, 7) is 0.157. The highest BCUT2D eigenvalue weighted by Crippen LogP contribution is 2.37. The molecule has 35 heavy (non-hydrogen) atoms. The highest BCUT2D eigenvalue weighted by atomic mass is 35.5. The van der Waals surface area contributed by atoms with Gasteiger partial charge < -0.3 is 10.3 Å². The van der Waals surface area contributed by atoms with Gasteiger partial charge in [-0.3, -0.25) is 4.79 Å². The monoisotopic (exact) mass is 512 g/mol. The van der Waals surface area contributed by atoms with Gasteiger partial charge in [-0.2, -0.15) is 13.2 Å². The number of carbonyl (C=O) groups excluding carboxylic acids is 1. The van der Waals surface area contributed by atoms with Gasteiger partial charge in [0.2, 0.25) is 5.91 Å². The maximum atomic E-state index is 13.3. The summed E-state index contributed by atoms with van der Waals surface area (Å²) in [7, 11) is 0. The zero-order valence-corrected chi connectivity index (χ0v) is 19.5. The lowest BCUT2D eigenvalue weighted by molar-refractivity contribution is -0.137. The Morgan fingerprint density at radius 3 is 2.37 bits per heavy atom. The summed E-state index contributed by atoms with van der Waals surface area (Å²) in [5.74, 6) is -0.585. The highest BCUT2D eigenvalue weighted by molar-refractivity contribution is 6.36. The third kappa shape index (κ3) is 4.24. The van der Waals surface area contributed by atoms with Crippen LogP contribution < -0.4 is 5.73 Å². The van der Waals surface area contributed by atoms with E-state index in [4.69, 9.17) is 28.9 Å². The predicted molar refractivity (Wildman–Crippen MR) is 134 cm³/mol. The average molecular weight is 513 g/mol. The number of nitrogens with two attached hydrogens (primary N) is 1. The van der Waals surface area contributed by atoms with E-state index in [1.807, 2.05) is 28.8 Å². The van der Waals surface area contributed by atoms with Gasteiger partial charge in [-0.25, -0.2) is 0 Å². The molecule has 0 aliphatic rings. The molecular formula is C27H17Cl2F3N2O. The van der Waals surface area contributed by atoms with Crippen LogP contribution in [0.25, 0.3) is 32.9 Å². The molecule has 0 aliphatic carbocycles. The van der Waals surface area contributed by atoms with Gasteiger partial charge in [-0.15, -0.1) is 0 Å². The van der Waals surface area contributed by atoms with Crippen LogP contribution in [-0.2, 0) is 12.7 Å². The minimum Gasteiger partial charge on any atom is -0.366 e. The van der Waals surface area contributed by atoms with E-state index in [9.17, 15) is 18.0 Å². The fraction of sp³-hybridized carbons (Fsp3) is 0.0741. The number of hydrogen-bond acceptors (Lipinski definition) is 1. The largest absolute Gasteiger partial charge is 0.416 e. The van der Waals surface area contributed by atoms with Crippen LogP contribution in [0.1, 0.15) is 21.5 Å². The Morgan fingerprint density at radius 2 is 1.66 bits per heavy atom. The quantitative estimate of drug-likeness (QED) is 0.261. The van der Waals surface area contributed by atoms with Crippen molar-refractivity contribution < 1.29 is 18.0 Å². The SMILES string of the molecule is NC(=O)c1cccc2c1c1ccc(-c3ccc(Cl)cc3Cl)cc1n2Cc1cccc(C(F)(F)F)c1. The summed E-state index contributed by atoms with van der Waals surface area (Å²) in [4.78, 5) is 12.2. The zero-order chi connectivity index (χ0) is 24.9. The Labute approximate surface area is 208 Å². The summed E-state index contributed by atoms with van der Waals surface area (Å²) in [5.41, 5.74) is 8.71. The summed E-state index contributed by atoms with van der Waals surface area (Å²) < 4.78 is 41.9. The third-order valence-corrected chi connectivity index (χ3v) is 6.54. The topological polar surface area (TPSA) is 48.0 Å². The van der Waals surface area contributed by atoms with Crippen LogP contribution in [0, 0.1) is 0 Å². The van der Waals surface area contributed by atoms with Crippen LogP contribution in [0.15, 0.2) is 78.9 Å². The Bertz CT molecular complexity index is 1620. The first-order valence-corrected chi connectivity index (χ1v) is 11.4. The van der Waals surface area contributed by atoms with E-state index >= 15 is 0 Å². The molecule has 2 N–H and O–H groups in total. The fourth-order valence-electron chi connectivity index (χ4n) is 4.44. The Hall–Kier alpha value is -3.48. The first kappa shape index (κ1) is 23.3. The smallest absolute Gasteiger partial charge is 0.366 e. The number of carbonyl (C=O) groups is 1. The van der Waals surface area contributed by atoms with Crippen molar-refractivity contribution in [2.24, 2.45) is 5.73 Å². The number of halogens is 5. The number of primary amides is 1. The second kappa shape index (κ2) is 8.63. The average Bonchev–Trinajstić information content (AvgIpc) is 3.11. The van der Waals surface area contributed by atoms with Crippen molar-refractivity contribution in [1.82, 2.24) is 4.57 Å². The second-order valence-electron chi connectivity index (χ2n) is 8.20. The van der Waals surface area contributed by atoms with E-state index in [0.29, 0.717) is 32.1 Å². The van der Waals surface area contributed by atoms with E-state index in [1.54, 1.807) is 36.4 Å². The molecule has 0 radical (unpaired) electrons. The van der Waals surface area contributed by atoms with Crippen LogP contribution in [0.3, 0.4) is 0 Å². The van der Waals surface area contributed by atoms with Crippen LogP contribution in [0.4, 0.5) is 13.2 Å². The Balaban J connectivity index is 1.77. The summed E-state index contributed by atoms with van der Waals surface area (Å²) in [5, 5.41) is 2.38. The third-order valence-electron chi connectivity index (χ3n) is 5.99. The van der Waals surface area contributed by atoms with E-state index < -0.39 is 17.6 Å². The minimum atomic E-state index is -4.45. The van der Waals surface area contributed by atoms with E-state index in [2.05, 4.69) is 0 Å². The molecule has 176 valence electrons. The molecule has 8 heteroatoms. The van der Waals surface area contributed by atoms with Crippen molar-refractivity contribution in [3.63, 3.8) is 0 Å². The van der Waals surface area contributed by atoms with Gasteiger partial charge in [0, 0.05) is 38.5 Å². The van der Waals surface area contributed by atoms with Crippen molar-refractivity contribution in [3.05, 3.63) is 106 Å². The number of fused-ring (bicyclic) bond motifs is 3. The normalized spacial score (nSPS) is 11.9. The molecule has 0 saturated heterocycles. The van der Waals surface area contributed by atoms with Gasteiger partial charge in [-0.05, 0) is 53.6 Å². The van der Waals surface area contributed by atoms with Gasteiger partial charge in [-0.1, -0.05) is 59.6 Å². The lowest BCUT2D eigenvalue weighted by Gasteiger charge is -2.12. The van der Waals surface area contributed by atoms with E-state index in [0.717, 1.165) is 34.2 Å². The molecule has 0 bridgehead atoms. The molecule has 3 nitrogen and oxygen atoms in total. The van der Waals surface area contributed by atoms with Crippen molar-refractivity contribution >= 4 is 50.9 Å². The summed E-state index contributed by atoms with van der Waals surface area (Å²) in [6, 6.07) is 21.2. The maximum absolute atomic E-state index is 13.3. The van der Waals surface area contributed by atoms with Gasteiger partial charge in [0.25, 0.3) is 0 Å². The molecule has 1 aromatic heterocycles. The second-order valence-corrected chi connectivity index (χ2v) is 9.05. The molecule has 0 spiro atoms. The Morgan fingerprint density at radius 1 is 0.886 bits per heavy atom. The first-order chi connectivity index (χ1) is 16.6. The molecule has 0 unspecified atom stereocenters. The number of alkyl halides is 3. The van der Waals surface area contributed by atoms with Crippen LogP contribution in [0.5, 0.6) is 0 Å². The molecule has 1 amide bonds. The number of hydrogen-bond donors (Lipinski definition) is 1. The van der Waals surface area contributed by atoms with Crippen LogP contribution >= 0.6 is 23.2 Å². The molecular weight excluding hydrogens is 496 g/mol. The maximum Gasteiger partial charge on any atom is 0.416 e. The number of benzene rings is 4. The minimum absolute atomic E-state index is 0.157. The fourth-order valence-corrected chi connectivity index (χ4v) is 4.96. The van der Waals surface area contributed by atoms with Gasteiger partial charge >= 0.3 is 6.18 Å².